The minimum Gasteiger partial charge on any atom is -0.478 e. The molecule has 0 radical (unpaired) electrons. The van der Waals surface area contributed by atoms with Crippen LogP contribution in [-0.2, 0) is 0 Å². The van der Waals surface area contributed by atoms with Gasteiger partial charge >= 0.3 is 5.97 Å². The number of rotatable bonds is 4. The number of aromatic nitrogens is 1. The molecule has 1 aliphatic rings. The molecule has 1 fully saturated rings. The second-order valence-corrected chi connectivity index (χ2v) is 5.64. The largest absolute Gasteiger partial charge is 0.478 e. The number of hydrogen-bond donors (Lipinski definition) is 3. The van der Waals surface area contributed by atoms with E-state index >= 15 is 0 Å². The lowest BCUT2D eigenvalue weighted by Gasteiger charge is -2.30. The Morgan fingerprint density at radius 1 is 1.29 bits per heavy atom. The lowest BCUT2D eigenvalue weighted by Crippen LogP contribution is -2.39. The number of fused-ring (bicyclic) bond motifs is 1. The number of para-hydroxylation sites is 1. The monoisotopic (exact) mass is 286 g/mol. The number of nitrogens with one attached hydrogen (secondary N) is 1. The second kappa shape index (κ2) is 5.33. The topological polar surface area (TPSA) is 82.5 Å². The zero-order valence-corrected chi connectivity index (χ0v) is 11.7. The van der Waals surface area contributed by atoms with Gasteiger partial charge in [-0.3, -0.25) is 4.98 Å². The van der Waals surface area contributed by atoms with Crippen molar-refractivity contribution in [3.05, 3.63) is 36.0 Å². The van der Waals surface area contributed by atoms with Gasteiger partial charge in [-0.15, -0.1) is 0 Å². The van der Waals surface area contributed by atoms with E-state index in [4.69, 9.17) is 0 Å². The average molecular weight is 286 g/mol. The van der Waals surface area contributed by atoms with Crippen LogP contribution in [-0.4, -0.2) is 33.3 Å². The molecule has 21 heavy (non-hydrogen) atoms. The number of nitrogens with zero attached hydrogens (tertiary/aromatic N) is 1. The van der Waals surface area contributed by atoms with Crippen molar-refractivity contribution in [3.63, 3.8) is 0 Å². The Morgan fingerprint density at radius 3 is 2.67 bits per heavy atom. The van der Waals surface area contributed by atoms with Gasteiger partial charge in [0.25, 0.3) is 0 Å². The summed E-state index contributed by atoms with van der Waals surface area (Å²) in [5, 5.41) is 23.3. The Bertz CT molecular complexity index is 678. The van der Waals surface area contributed by atoms with Gasteiger partial charge in [-0.25, -0.2) is 4.79 Å². The van der Waals surface area contributed by atoms with Crippen molar-refractivity contribution in [1.29, 1.82) is 0 Å². The molecule has 1 heterocycles. The van der Waals surface area contributed by atoms with Crippen LogP contribution in [0.2, 0.25) is 0 Å². The van der Waals surface area contributed by atoms with E-state index in [0.717, 1.165) is 36.6 Å². The molecule has 0 unspecified atom stereocenters. The van der Waals surface area contributed by atoms with Crippen molar-refractivity contribution >= 4 is 22.6 Å². The number of carboxylic acid groups (broad SMARTS) is 1. The molecule has 3 N–H and O–H groups in total. The van der Waals surface area contributed by atoms with Crippen LogP contribution < -0.4 is 5.32 Å². The lowest BCUT2D eigenvalue weighted by molar-refractivity contribution is 0.0697. The SMILES string of the molecule is O=C(O)c1cnc2ccccc2c1NC1(CO)CCCC1. The zero-order valence-electron chi connectivity index (χ0n) is 11.7. The minimum absolute atomic E-state index is 0.00269. The van der Waals surface area contributed by atoms with Gasteiger partial charge in [0.2, 0.25) is 0 Å². The van der Waals surface area contributed by atoms with Crippen LogP contribution in [0.3, 0.4) is 0 Å². The average Bonchev–Trinajstić information content (AvgIpc) is 2.96. The molecule has 1 aromatic carbocycles. The lowest BCUT2D eigenvalue weighted by atomic mass is 9.97. The Labute approximate surface area is 122 Å². The molecule has 1 aromatic heterocycles. The van der Waals surface area contributed by atoms with Crippen molar-refractivity contribution in [2.45, 2.75) is 31.2 Å². The van der Waals surface area contributed by atoms with Gasteiger partial charge < -0.3 is 15.5 Å². The summed E-state index contributed by atoms with van der Waals surface area (Å²) in [6, 6.07) is 7.45. The van der Waals surface area contributed by atoms with Crippen LogP contribution in [0.15, 0.2) is 30.5 Å². The standard InChI is InChI=1S/C16H18N2O3/c19-10-16(7-3-4-8-16)18-14-11-5-1-2-6-13(11)17-9-12(14)15(20)21/h1-2,5-6,9,19H,3-4,7-8,10H2,(H,17,18)(H,20,21). The number of carboxylic acids is 1. The van der Waals surface area contributed by atoms with E-state index in [1.54, 1.807) is 0 Å². The Balaban J connectivity index is 2.14. The number of carbonyl (C=O) groups is 1. The summed E-state index contributed by atoms with van der Waals surface area (Å²) in [5.74, 6) is -1.01. The smallest absolute Gasteiger partial charge is 0.339 e. The third kappa shape index (κ3) is 2.45. The highest BCUT2D eigenvalue weighted by Gasteiger charge is 2.34. The minimum atomic E-state index is -1.01. The first-order valence-corrected chi connectivity index (χ1v) is 7.15. The summed E-state index contributed by atoms with van der Waals surface area (Å²) < 4.78 is 0. The molecular weight excluding hydrogens is 268 g/mol. The van der Waals surface area contributed by atoms with Gasteiger partial charge in [0, 0.05) is 11.6 Å². The van der Waals surface area contributed by atoms with E-state index in [9.17, 15) is 15.0 Å². The Kier molecular flexibility index (Phi) is 3.51. The summed E-state index contributed by atoms with van der Waals surface area (Å²) in [6.07, 6.45) is 5.16. The van der Waals surface area contributed by atoms with E-state index < -0.39 is 11.5 Å². The maximum Gasteiger partial charge on any atom is 0.339 e. The van der Waals surface area contributed by atoms with Gasteiger partial charge in [-0.05, 0) is 18.9 Å². The predicted molar refractivity (Wildman–Crippen MR) is 80.6 cm³/mol. The molecule has 5 heteroatoms. The predicted octanol–water partition coefficient (Wildman–Crippen LogP) is 2.65. The number of pyridine rings is 1. The summed E-state index contributed by atoms with van der Waals surface area (Å²) >= 11 is 0. The van der Waals surface area contributed by atoms with Crippen molar-refractivity contribution < 1.29 is 15.0 Å². The number of aliphatic hydroxyl groups is 1. The Morgan fingerprint density at radius 2 is 2.00 bits per heavy atom. The van der Waals surface area contributed by atoms with Crippen LogP contribution in [0.1, 0.15) is 36.0 Å². The third-order valence-corrected chi connectivity index (χ3v) is 4.26. The number of aliphatic hydroxyl groups excluding tert-OH is 1. The van der Waals surface area contributed by atoms with Crippen molar-refractivity contribution in [3.8, 4) is 0 Å². The normalized spacial score (nSPS) is 17.0. The molecule has 0 atom stereocenters. The first-order valence-electron chi connectivity index (χ1n) is 7.15. The van der Waals surface area contributed by atoms with E-state index in [0.29, 0.717) is 5.69 Å². The van der Waals surface area contributed by atoms with Gasteiger partial charge in [-0.1, -0.05) is 31.0 Å². The summed E-state index contributed by atoms with van der Waals surface area (Å²) in [4.78, 5) is 15.7. The van der Waals surface area contributed by atoms with Crippen LogP contribution in [0, 0.1) is 0 Å². The maximum atomic E-state index is 11.5. The van der Waals surface area contributed by atoms with Crippen LogP contribution in [0.5, 0.6) is 0 Å². The molecule has 5 nitrogen and oxygen atoms in total. The number of hydrogen-bond acceptors (Lipinski definition) is 4. The molecule has 2 aromatic rings. The highest BCUT2D eigenvalue weighted by Crippen LogP contribution is 2.36. The number of aromatic carboxylic acids is 1. The van der Waals surface area contributed by atoms with Gasteiger partial charge in [0.1, 0.15) is 5.56 Å². The molecule has 1 aliphatic carbocycles. The van der Waals surface area contributed by atoms with Crippen LogP contribution >= 0.6 is 0 Å². The van der Waals surface area contributed by atoms with E-state index in [1.165, 1.54) is 6.20 Å². The zero-order chi connectivity index (χ0) is 14.9. The quantitative estimate of drug-likeness (QED) is 0.805. The van der Waals surface area contributed by atoms with Gasteiger partial charge in [0.05, 0.1) is 23.3 Å². The third-order valence-electron chi connectivity index (χ3n) is 4.26. The number of anilines is 1. The van der Waals surface area contributed by atoms with Gasteiger partial charge in [-0.2, -0.15) is 0 Å². The first-order chi connectivity index (χ1) is 10.2. The fourth-order valence-corrected chi connectivity index (χ4v) is 3.08. The van der Waals surface area contributed by atoms with E-state index in [1.807, 2.05) is 24.3 Å². The van der Waals surface area contributed by atoms with E-state index in [-0.39, 0.29) is 12.2 Å². The van der Waals surface area contributed by atoms with Crippen molar-refractivity contribution in [1.82, 2.24) is 4.98 Å². The molecular formula is C16H18N2O3. The summed E-state index contributed by atoms with van der Waals surface area (Å²) in [6.45, 7) is 0.00269. The van der Waals surface area contributed by atoms with Crippen molar-refractivity contribution in [2.75, 3.05) is 11.9 Å². The summed E-state index contributed by atoms with van der Waals surface area (Å²) in [5.41, 5.74) is 1.03. The fraction of sp³-hybridized carbons (Fsp3) is 0.375. The first kappa shape index (κ1) is 13.8. The van der Waals surface area contributed by atoms with Crippen molar-refractivity contribution in [2.24, 2.45) is 0 Å². The molecule has 0 amide bonds. The summed E-state index contributed by atoms with van der Waals surface area (Å²) in [7, 11) is 0. The highest BCUT2D eigenvalue weighted by atomic mass is 16.4. The molecule has 1 saturated carbocycles. The Hall–Kier alpha value is -2.14. The second-order valence-electron chi connectivity index (χ2n) is 5.64. The van der Waals surface area contributed by atoms with Gasteiger partial charge in [0.15, 0.2) is 0 Å². The molecule has 0 saturated heterocycles. The molecule has 0 aliphatic heterocycles. The van der Waals surface area contributed by atoms with E-state index in [2.05, 4.69) is 10.3 Å². The van der Waals surface area contributed by atoms with Crippen LogP contribution in [0.4, 0.5) is 5.69 Å². The molecule has 110 valence electrons. The maximum absolute atomic E-state index is 11.5. The molecule has 0 spiro atoms. The fourth-order valence-electron chi connectivity index (χ4n) is 3.08. The molecule has 3 rings (SSSR count). The van der Waals surface area contributed by atoms with Crippen LogP contribution in [0.25, 0.3) is 10.9 Å². The number of benzene rings is 1. The molecule has 0 bridgehead atoms. The highest BCUT2D eigenvalue weighted by molar-refractivity contribution is 6.04.